The van der Waals surface area contributed by atoms with Crippen LogP contribution in [0, 0.1) is 0 Å². The Labute approximate surface area is 115 Å². The molecule has 1 fully saturated rings. The number of methoxy groups -OCH3 is 1. The average molecular weight is 283 g/mol. The van der Waals surface area contributed by atoms with Crippen molar-refractivity contribution in [1.82, 2.24) is 9.55 Å². The van der Waals surface area contributed by atoms with Crippen LogP contribution in [0.25, 0.3) is 0 Å². The lowest BCUT2D eigenvalue weighted by molar-refractivity contribution is -0.0437. The molecule has 2 aliphatic heterocycles. The van der Waals surface area contributed by atoms with Gasteiger partial charge in [0, 0.05) is 13.5 Å². The lowest BCUT2D eigenvalue weighted by Gasteiger charge is -2.22. The number of guanidine groups is 1. The fourth-order valence-electron chi connectivity index (χ4n) is 2.46. The summed E-state index contributed by atoms with van der Waals surface area (Å²) in [6.07, 6.45) is -0.345. The van der Waals surface area contributed by atoms with Crippen LogP contribution in [-0.4, -0.2) is 51.6 Å². The summed E-state index contributed by atoms with van der Waals surface area (Å²) < 4.78 is 12.5. The number of ether oxygens (including phenoxy) is 2. The van der Waals surface area contributed by atoms with Crippen molar-refractivity contribution in [3.8, 4) is 0 Å². The van der Waals surface area contributed by atoms with E-state index in [2.05, 4.69) is 15.3 Å². The quantitative estimate of drug-likeness (QED) is 0.555. The van der Waals surface area contributed by atoms with E-state index in [1.165, 1.54) is 7.11 Å². The molecular formula is C11H17N5O4. The van der Waals surface area contributed by atoms with E-state index in [0.717, 1.165) is 0 Å². The van der Waals surface area contributed by atoms with Crippen LogP contribution in [0.5, 0.6) is 0 Å². The van der Waals surface area contributed by atoms with Gasteiger partial charge in [0.05, 0.1) is 19.0 Å². The Morgan fingerprint density at radius 2 is 2.45 bits per heavy atom. The number of rotatable bonds is 3. The van der Waals surface area contributed by atoms with Crippen LogP contribution < -0.4 is 11.1 Å². The number of hydrogen-bond acceptors (Lipinski definition) is 8. The molecule has 9 heteroatoms. The maximum atomic E-state index is 9.80. The number of nitrogens with zero attached hydrogens (tertiary/aromatic N) is 3. The number of aliphatic hydroxyl groups excluding tert-OH is 2. The third-order valence-electron chi connectivity index (χ3n) is 3.48. The summed E-state index contributed by atoms with van der Waals surface area (Å²) in [5.41, 5.74) is 6.31. The Morgan fingerprint density at radius 3 is 3.10 bits per heavy atom. The van der Waals surface area contributed by atoms with Crippen molar-refractivity contribution in [3.05, 3.63) is 12.0 Å². The first-order chi connectivity index (χ1) is 9.63. The largest absolute Gasteiger partial charge is 0.394 e. The van der Waals surface area contributed by atoms with Gasteiger partial charge in [0.1, 0.15) is 23.8 Å². The topological polar surface area (TPSA) is 127 Å². The molecule has 3 heterocycles. The number of anilines is 1. The van der Waals surface area contributed by atoms with Crippen molar-refractivity contribution >= 4 is 11.8 Å². The van der Waals surface area contributed by atoms with Crippen molar-refractivity contribution in [3.63, 3.8) is 0 Å². The van der Waals surface area contributed by atoms with E-state index in [1.54, 1.807) is 10.9 Å². The van der Waals surface area contributed by atoms with Gasteiger partial charge < -0.3 is 30.7 Å². The van der Waals surface area contributed by atoms with Gasteiger partial charge >= 0.3 is 0 Å². The Kier molecular flexibility index (Phi) is 3.34. The van der Waals surface area contributed by atoms with Crippen LogP contribution in [0.15, 0.2) is 11.3 Å². The predicted molar refractivity (Wildman–Crippen MR) is 68.8 cm³/mol. The second-order valence-corrected chi connectivity index (χ2v) is 4.73. The van der Waals surface area contributed by atoms with Crippen molar-refractivity contribution < 1.29 is 19.7 Å². The van der Waals surface area contributed by atoms with E-state index in [1.807, 2.05) is 0 Å². The van der Waals surface area contributed by atoms with E-state index in [0.29, 0.717) is 17.9 Å². The lowest BCUT2D eigenvalue weighted by Crippen LogP contribution is -2.30. The number of nitrogens with two attached hydrogens (primary N) is 1. The highest BCUT2D eigenvalue weighted by Gasteiger charge is 2.37. The first-order valence-electron chi connectivity index (χ1n) is 6.28. The number of imidazole rings is 1. The molecule has 1 saturated heterocycles. The number of nitrogens with one attached hydrogen (secondary N) is 1. The first kappa shape index (κ1) is 13.3. The highest BCUT2D eigenvalue weighted by molar-refractivity contribution is 5.93. The minimum atomic E-state index is -0.712. The molecule has 0 spiro atoms. The third-order valence-corrected chi connectivity index (χ3v) is 3.48. The van der Waals surface area contributed by atoms with E-state index >= 15 is 0 Å². The standard InChI is InChI=1S/C11H17N5O4/c1-19-10-8-9(14-11(12)15-10)16(4-13-8)7-2-5(18)6(3-17)20-7/h4-7,10,17-18H,2-3H2,1H3,(H3,12,14,15)/t5-,6+,7+,10?/m0/s1. The molecule has 3 rings (SSSR count). The molecule has 4 atom stereocenters. The summed E-state index contributed by atoms with van der Waals surface area (Å²) in [7, 11) is 1.52. The summed E-state index contributed by atoms with van der Waals surface area (Å²) in [6.45, 7) is -0.230. The van der Waals surface area contributed by atoms with Crippen LogP contribution in [0.2, 0.25) is 0 Å². The lowest BCUT2D eigenvalue weighted by atomic mass is 10.2. The highest BCUT2D eigenvalue weighted by Crippen LogP contribution is 2.35. The molecule has 1 unspecified atom stereocenters. The van der Waals surface area contributed by atoms with Crippen LogP contribution in [0.4, 0.5) is 5.82 Å². The first-order valence-corrected chi connectivity index (χ1v) is 6.28. The predicted octanol–water partition coefficient (Wildman–Crippen LogP) is -1.09. The van der Waals surface area contributed by atoms with E-state index in [4.69, 9.17) is 20.3 Å². The van der Waals surface area contributed by atoms with Crippen LogP contribution >= 0.6 is 0 Å². The van der Waals surface area contributed by atoms with Gasteiger partial charge in [0.15, 0.2) is 12.2 Å². The minimum Gasteiger partial charge on any atom is -0.394 e. The van der Waals surface area contributed by atoms with Crippen LogP contribution in [0.3, 0.4) is 0 Å². The monoisotopic (exact) mass is 283 g/mol. The van der Waals surface area contributed by atoms with E-state index < -0.39 is 24.7 Å². The zero-order valence-electron chi connectivity index (χ0n) is 10.9. The molecule has 0 aliphatic carbocycles. The second kappa shape index (κ2) is 5.02. The maximum absolute atomic E-state index is 9.80. The number of fused-ring (bicyclic) bond motifs is 1. The van der Waals surface area contributed by atoms with Crippen LogP contribution in [-0.2, 0) is 9.47 Å². The molecule has 1 aromatic heterocycles. The van der Waals surface area contributed by atoms with Gasteiger partial charge in [-0.25, -0.2) is 9.98 Å². The fourth-order valence-corrected chi connectivity index (χ4v) is 2.46. The highest BCUT2D eigenvalue weighted by atomic mass is 16.5. The van der Waals surface area contributed by atoms with Crippen molar-refractivity contribution in [2.45, 2.75) is 31.1 Å². The molecule has 0 saturated carbocycles. The molecule has 5 N–H and O–H groups in total. The molecule has 0 bridgehead atoms. The average Bonchev–Trinajstić information content (AvgIpc) is 3.00. The Balaban J connectivity index is 1.89. The van der Waals surface area contributed by atoms with E-state index in [9.17, 15) is 5.11 Å². The Hall–Kier alpha value is -1.68. The Morgan fingerprint density at radius 1 is 1.65 bits per heavy atom. The number of aromatic nitrogens is 2. The molecule has 0 radical (unpaired) electrons. The van der Waals surface area contributed by atoms with Crippen molar-refractivity contribution in [2.24, 2.45) is 10.7 Å². The van der Waals surface area contributed by atoms with Crippen molar-refractivity contribution in [2.75, 3.05) is 19.0 Å². The smallest absolute Gasteiger partial charge is 0.198 e. The molecule has 1 aromatic rings. The molecule has 20 heavy (non-hydrogen) atoms. The van der Waals surface area contributed by atoms with Crippen LogP contribution in [0.1, 0.15) is 24.6 Å². The molecule has 110 valence electrons. The summed E-state index contributed by atoms with van der Waals surface area (Å²) in [6, 6.07) is 0. The molecular weight excluding hydrogens is 266 g/mol. The molecule has 0 aromatic carbocycles. The van der Waals surface area contributed by atoms with Gasteiger partial charge in [0.25, 0.3) is 0 Å². The van der Waals surface area contributed by atoms with Gasteiger partial charge in [-0.05, 0) is 0 Å². The Bertz CT molecular complexity index is 531. The molecule has 0 amide bonds. The number of aliphatic imine (C=N–C) groups is 1. The van der Waals surface area contributed by atoms with Gasteiger partial charge in [-0.15, -0.1) is 0 Å². The number of hydrogen-bond donors (Lipinski definition) is 4. The van der Waals surface area contributed by atoms with Gasteiger partial charge in [-0.1, -0.05) is 0 Å². The molecule has 9 nitrogen and oxygen atoms in total. The summed E-state index contributed by atoms with van der Waals surface area (Å²) in [5, 5.41) is 21.8. The van der Waals surface area contributed by atoms with E-state index in [-0.39, 0.29) is 12.6 Å². The summed E-state index contributed by atoms with van der Waals surface area (Å²) in [4.78, 5) is 8.34. The zero-order chi connectivity index (χ0) is 14.3. The summed E-state index contributed by atoms with van der Waals surface area (Å²) in [5.74, 6) is 0.850. The van der Waals surface area contributed by atoms with Gasteiger partial charge in [0.2, 0.25) is 0 Å². The minimum absolute atomic E-state index is 0.225. The SMILES string of the molecule is COC1N=C(N)Nc2c1ncn2[C@H]1C[C@H](O)[C@@H](CO)O1. The second-order valence-electron chi connectivity index (χ2n) is 4.73. The third kappa shape index (κ3) is 2.04. The fraction of sp³-hybridized carbons (Fsp3) is 0.636. The normalized spacial score (nSPS) is 32.6. The van der Waals surface area contributed by atoms with Crippen molar-refractivity contribution in [1.29, 1.82) is 0 Å². The molecule has 2 aliphatic rings. The zero-order valence-corrected chi connectivity index (χ0v) is 10.9. The number of aliphatic hydroxyl groups is 2. The maximum Gasteiger partial charge on any atom is 0.198 e. The van der Waals surface area contributed by atoms with Gasteiger partial charge in [-0.3, -0.25) is 4.57 Å². The summed E-state index contributed by atoms with van der Waals surface area (Å²) >= 11 is 0. The van der Waals surface area contributed by atoms with Gasteiger partial charge in [-0.2, -0.15) is 0 Å².